The summed E-state index contributed by atoms with van der Waals surface area (Å²) in [6.07, 6.45) is 3.84. The highest BCUT2D eigenvalue weighted by Gasteiger charge is 2.21. The number of hydrogen-bond acceptors (Lipinski definition) is 6. The molecule has 1 aliphatic heterocycles. The first-order valence-electron chi connectivity index (χ1n) is 13.6. The maximum absolute atomic E-state index is 11.8. The third kappa shape index (κ3) is 6.04. The Kier molecular flexibility index (Phi) is 8.67. The average molecular weight is 528 g/mol. The van der Waals surface area contributed by atoms with Crippen LogP contribution in [0.15, 0.2) is 72.8 Å². The quantitative estimate of drug-likeness (QED) is 0.234. The van der Waals surface area contributed by atoms with Crippen LogP contribution in [0.5, 0.6) is 17.2 Å². The largest absolute Gasteiger partial charge is 0.497 e. The van der Waals surface area contributed by atoms with Crippen molar-refractivity contribution in [3.8, 4) is 28.4 Å². The predicted octanol–water partition coefficient (Wildman–Crippen LogP) is 6.01. The van der Waals surface area contributed by atoms with Gasteiger partial charge in [-0.1, -0.05) is 42.8 Å². The molecule has 0 aliphatic carbocycles. The number of nitrogens with one attached hydrogen (secondary N) is 1. The Bertz CT molecular complexity index is 1400. The van der Waals surface area contributed by atoms with E-state index in [1.807, 2.05) is 72.8 Å². The van der Waals surface area contributed by atoms with E-state index < -0.39 is 6.10 Å². The minimum absolute atomic E-state index is 0.148. The van der Waals surface area contributed by atoms with Crippen molar-refractivity contribution in [1.82, 2.24) is 5.32 Å². The van der Waals surface area contributed by atoms with E-state index in [0.29, 0.717) is 18.4 Å². The molecule has 1 heterocycles. The van der Waals surface area contributed by atoms with Crippen LogP contribution in [-0.2, 0) is 6.61 Å². The molecule has 39 heavy (non-hydrogen) atoms. The lowest BCUT2D eigenvalue weighted by atomic mass is 9.86. The van der Waals surface area contributed by atoms with Crippen LogP contribution in [0, 0.1) is 0 Å². The maximum Gasteiger partial charge on any atom is 0.119 e. The molecule has 4 aromatic carbocycles. The summed E-state index contributed by atoms with van der Waals surface area (Å²) in [6.45, 7) is 1.61. The fourth-order valence-electron chi connectivity index (χ4n) is 5.48. The fraction of sp³-hybridized carbons (Fsp3) is 0.333. The van der Waals surface area contributed by atoms with Gasteiger partial charge in [-0.05, 0) is 95.2 Å². The van der Waals surface area contributed by atoms with Gasteiger partial charge in [-0.3, -0.25) is 0 Å². The highest BCUT2D eigenvalue weighted by molar-refractivity contribution is 5.94. The zero-order chi connectivity index (χ0) is 27.2. The number of benzene rings is 4. The smallest absolute Gasteiger partial charge is 0.119 e. The molecule has 1 fully saturated rings. The molecule has 6 nitrogen and oxygen atoms in total. The Hall–Kier alpha value is -3.58. The van der Waals surface area contributed by atoms with Gasteiger partial charge in [-0.25, -0.2) is 0 Å². The van der Waals surface area contributed by atoms with E-state index in [9.17, 15) is 10.2 Å². The van der Waals surface area contributed by atoms with Gasteiger partial charge in [0.1, 0.15) is 23.4 Å². The summed E-state index contributed by atoms with van der Waals surface area (Å²) in [6, 6.07) is 23.7. The third-order valence-electron chi connectivity index (χ3n) is 7.66. The van der Waals surface area contributed by atoms with Crippen LogP contribution in [0.4, 0.5) is 0 Å². The van der Waals surface area contributed by atoms with Crippen molar-refractivity contribution in [3.63, 3.8) is 0 Å². The number of hydrogen-bond donors (Lipinski definition) is 3. The Labute approximate surface area is 230 Å². The van der Waals surface area contributed by atoms with E-state index in [1.165, 1.54) is 19.3 Å². The van der Waals surface area contributed by atoms with Gasteiger partial charge < -0.3 is 29.7 Å². The molecule has 204 valence electrons. The Morgan fingerprint density at radius 3 is 2.28 bits per heavy atom. The first-order chi connectivity index (χ1) is 19.1. The molecular weight excluding hydrogens is 490 g/mol. The number of methoxy groups -OCH3 is 2. The summed E-state index contributed by atoms with van der Waals surface area (Å²) in [5.41, 5.74) is 3.97. The van der Waals surface area contributed by atoms with Crippen molar-refractivity contribution in [2.24, 2.45) is 0 Å². The van der Waals surface area contributed by atoms with Gasteiger partial charge in [0.25, 0.3) is 0 Å². The average Bonchev–Trinajstić information content (AvgIpc) is 3.00. The molecule has 0 radical (unpaired) electrons. The first kappa shape index (κ1) is 27.0. The van der Waals surface area contributed by atoms with Gasteiger partial charge in [-0.2, -0.15) is 0 Å². The van der Waals surface area contributed by atoms with Crippen molar-refractivity contribution in [2.75, 3.05) is 27.4 Å². The van der Waals surface area contributed by atoms with E-state index in [-0.39, 0.29) is 6.61 Å². The summed E-state index contributed by atoms with van der Waals surface area (Å²) in [5, 5.41) is 27.4. The summed E-state index contributed by atoms with van der Waals surface area (Å²) < 4.78 is 16.8. The maximum atomic E-state index is 11.8. The molecule has 4 aromatic rings. The topological polar surface area (TPSA) is 80.2 Å². The molecule has 0 aromatic heterocycles. The molecule has 5 rings (SSSR count). The predicted molar refractivity (Wildman–Crippen MR) is 155 cm³/mol. The SMILES string of the molecule is COc1ccc(-c2ccc3cc(OC)ccc3c2C(O)c2ccc(OCCC3CCCCN3)cc2)c(CO)c1. The van der Waals surface area contributed by atoms with Crippen LogP contribution in [0.2, 0.25) is 0 Å². The molecule has 2 atom stereocenters. The molecular formula is C33H37NO5. The van der Waals surface area contributed by atoms with Crippen molar-refractivity contribution in [1.29, 1.82) is 0 Å². The van der Waals surface area contributed by atoms with Crippen LogP contribution in [0.3, 0.4) is 0 Å². The highest BCUT2D eigenvalue weighted by Crippen LogP contribution is 2.40. The van der Waals surface area contributed by atoms with E-state index >= 15 is 0 Å². The normalized spacial score (nSPS) is 16.2. The Morgan fingerprint density at radius 2 is 1.56 bits per heavy atom. The van der Waals surface area contributed by atoms with E-state index in [4.69, 9.17) is 14.2 Å². The zero-order valence-electron chi connectivity index (χ0n) is 22.7. The van der Waals surface area contributed by atoms with Crippen molar-refractivity contribution < 1.29 is 24.4 Å². The van der Waals surface area contributed by atoms with Gasteiger partial charge in [0.2, 0.25) is 0 Å². The van der Waals surface area contributed by atoms with Gasteiger partial charge in [0, 0.05) is 11.6 Å². The number of ether oxygens (including phenoxy) is 3. The van der Waals surface area contributed by atoms with Gasteiger partial charge in [-0.15, -0.1) is 0 Å². The Balaban J connectivity index is 1.47. The number of aliphatic hydroxyl groups excluding tert-OH is 2. The number of fused-ring (bicyclic) bond motifs is 1. The molecule has 2 unspecified atom stereocenters. The molecule has 6 heteroatoms. The lowest BCUT2D eigenvalue weighted by Gasteiger charge is -2.23. The molecule has 0 spiro atoms. The second kappa shape index (κ2) is 12.5. The van der Waals surface area contributed by atoms with Crippen LogP contribution < -0.4 is 19.5 Å². The summed E-state index contributed by atoms with van der Waals surface area (Å²) >= 11 is 0. The lowest BCUT2D eigenvalue weighted by Crippen LogP contribution is -2.35. The summed E-state index contributed by atoms with van der Waals surface area (Å²) in [5.74, 6) is 2.22. The molecule has 1 aliphatic rings. The van der Waals surface area contributed by atoms with Gasteiger partial charge >= 0.3 is 0 Å². The summed E-state index contributed by atoms with van der Waals surface area (Å²) in [7, 11) is 3.25. The van der Waals surface area contributed by atoms with Crippen molar-refractivity contribution in [3.05, 3.63) is 89.5 Å². The zero-order valence-corrected chi connectivity index (χ0v) is 22.7. The number of aliphatic hydroxyl groups is 2. The van der Waals surface area contributed by atoms with Crippen molar-refractivity contribution >= 4 is 10.8 Å². The second-order valence-corrected chi connectivity index (χ2v) is 10.1. The monoisotopic (exact) mass is 527 g/mol. The minimum atomic E-state index is -0.897. The molecule has 1 saturated heterocycles. The summed E-state index contributed by atoms with van der Waals surface area (Å²) in [4.78, 5) is 0. The van der Waals surface area contributed by atoms with Crippen LogP contribution in [0.25, 0.3) is 21.9 Å². The molecule has 0 amide bonds. The van der Waals surface area contributed by atoms with E-state index in [0.717, 1.165) is 63.1 Å². The van der Waals surface area contributed by atoms with Crippen molar-refractivity contribution in [2.45, 2.75) is 44.4 Å². The Morgan fingerprint density at radius 1 is 0.846 bits per heavy atom. The number of rotatable bonds is 10. The van der Waals surface area contributed by atoms with Crippen LogP contribution in [-0.4, -0.2) is 43.6 Å². The minimum Gasteiger partial charge on any atom is -0.497 e. The van der Waals surface area contributed by atoms with Crippen LogP contribution in [0.1, 0.15) is 48.5 Å². The standard InChI is InChI=1S/C33H37NO5/c1-37-27-12-15-30-23(19-27)8-13-31(29-14-11-28(38-2)20-24(29)21-35)32(30)33(36)22-6-9-26(10-7-22)39-18-16-25-5-3-4-17-34-25/h6-15,19-20,25,33-36H,3-5,16-18,21H2,1-2H3. The third-order valence-corrected chi connectivity index (χ3v) is 7.66. The molecule has 0 bridgehead atoms. The lowest BCUT2D eigenvalue weighted by molar-refractivity contribution is 0.222. The van der Waals surface area contributed by atoms with Crippen LogP contribution >= 0.6 is 0 Å². The second-order valence-electron chi connectivity index (χ2n) is 10.1. The molecule has 3 N–H and O–H groups in total. The fourth-order valence-corrected chi connectivity index (χ4v) is 5.48. The molecule has 0 saturated carbocycles. The van der Waals surface area contributed by atoms with E-state index in [2.05, 4.69) is 5.32 Å². The van der Waals surface area contributed by atoms with Gasteiger partial charge in [0.05, 0.1) is 27.4 Å². The van der Waals surface area contributed by atoms with Gasteiger partial charge in [0.15, 0.2) is 0 Å². The first-order valence-corrected chi connectivity index (χ1v) is 13.6. The number of piperidine rings is 1. The van der Waals surface area contributed by atoms with E-state index in [1.54, 1.807) is 14.2 Å². The highest BCUT2D eigenvalue weighted by atomic mass is 16.5.